The lowest BCUT2D eigenvalue weighted by atomic mass is 10.0. The molecule has 0 aliphatic heterocycles. The fourth-order valence-corrected chi connectivity index (χ4v) is 10.9. The predicted octanol–water partition coefficient (Wildman–Crippen LogP) is 21.6. The highest BCUT2D eigenvalue weighted by molar-refractivity contribution is 5.76. The average molecular weight is 1040 g/mol. The Morgan fingerprint density at radius 2 is 0.622 bits per heavy atom. The van der Waals surface area contributed by atoms with Gasteiger partial charge in [-0.05, 0) is 32.1 Å². The van der Waals surface area contributed by atoms with Gasteiger partial charge in [0.1, 0.15) is 0 Å². The minimum absolute atomic E-state index is 0.0240. The van der Waals surface area contributed by atoms with Gasteiger partial charge in [0.25, 0.3) is 0 Å². The van der Waals surface area contributed by atoms with E-state index in [9.17, 15) is 19.8 Å². The van der Waals surface area contributed by atoms with E-state index >= 15 is 0 Å². The third-order valence-corrected chi connectivity index (χ3v) is 16.1. The van der Waals surface area contributed by atoms with Crippen molar-refractivity contribution >= 4 is 11.9 Å². The Labute approximate surface area is 463 Å². The SMILES string of the molecule is CCCCCCCCCCC/C=C/C(O)C(CO)NC(=O)CCCCCCCCCCCCCCCCCCCCCCCCCCCCCCCCCOC(=O)CCCCCCCCCCCCCCCCC. The maximum Gasteiger partial charge on any atom is 0.305 e. The number of ether oxygens (including phenoxy) is 1. The fourth-order valence-electron chi connectivity index (χ4n) is 10.9. The molecule has 0 spiro atoms. The Bertz CT molecular complexity index is 1110. The van der Waals surface area contributed by atoms with Crippen LogP contribution in [0.4, 0.5) is 0 Å². The highest BCUT2D eigenvalue weighted by Gasteiger charge is 2.18. The standard InChI is InChI=1S/C68H133NO5/c1-3-5-7-9-11-13-15-16-34-38-42-46-50-54-58-62-68(73)74-63-59-55-51-47-43-39-36-33-31-29-27-25-23-21-19-17-18-20-22-24-26-28-30-32-35-37-41-45-49-53-57-61-67(72)69-65(64-70)66(71)60-56-52-48-44-40-14-12-10-8-6-4-2/h56,60,65-66,70-71H,3-55,57-59,61-64H2,1-2H3,(H,69,72)/b60-56+. The predicted molar refractivity (Wildman–Crippen MR) is 324 cm³/mol. The summed E-state index contributed by atoms with van der Waals surface area (Å²) in [4.78, 5) is 24.5. The molecule has 6 nitrogen and oxygen atoms in total. The number of aliphatic hydroxyl groups excluding tert-OH is 2. The number of unbranched alkanes of at least 4 members (excludes halogenated alkanes) is 53. The Balaban J connectivity index is 3.30. The van der Waals surface area contributed by atoms with Crippen molar-refractivity contribution in [3.63, 3.8) is 0 Å². The quantitative estimate of drug-likeness (QED) is 0.0320. The molecular weight excluding hydrogens is 911 g/mol. The summed E-state index contributed by atoms with van der Waals surface area (Å²) in [5.74, 6) is -0.0391. The van der Waals surface area contributed by atoms with Crippen LogP contribution in [0.15, 0.2) is 12.2 Å². The number of hydrogen-bond acceptors (Lipinski definition) is 5. The van der Waals surface area contributed by atoms with E-state index in [-0.39, 0.29) is 18.5 Å². The lowest BCUT2D eigenvalue weighted by Gasteiger charge is -2.20. The Morgan fingerprint density at radius 3 is 0.919 bits per heavy atom. The molecule has 74 heavy (non-hydrogen) atoms. The van der Waals surface area contributed by atoms with E-state index in [1.54, 1.807) is 6.08 Å². The van der Waals surface area contributed by atoms with Gasteiger partial charge in [-0.2, -0.15) is 0 Å². The lowest BCUT2D eigenvalue weighted by Crippen LogP contribution is -2.45. The summed E-state index contributed by atoms with van der Waals surface area (Å²) in [5, 5.41) is 23.0. The van der Waals surface area contributed by atoms with Crippen LogP contribution in [0.1, 0.15) is 386 Å². The summed E-state index contributed by atoms with van der Waals surface area (Å²) in [5.41, 5.74) is 0. The topological polar surface area (TPSA) is 95.9 Å². The van der Waals surface area contributed by atoms with Crippen molar-refractivity contribution in [2.75, 3.05) is 13.2 Å². The first kappa shape index (κ1) is 72.6. The number of hydrogen-bond donors (Lipinski definition) is 3. The second kappa shape index (κ2) is 64.1. The summed E-state index contributed by atoms with van der Waals surface area (Å²) in [6.07, 6.45) is 78.7. The van der Waals surface area contributed by atoms with Crippen LogP contribution in [0.25, 0.3) is 0 Å². The molecule has 0 aromatic rings. The van der Waals surface area contributed by atoms with Crippen molar-refractivity contribution in [2.24, 2.45) is 0 Å². The number of nitrogens with one attached hydrogen (secondary N) is 1. The van der Waals surface area contributed by atoms with Gasteiger partial charge in [-0.25, -0.2) is 0 Å². The molecule has 2 atom stereocenters. The van der Waals surface area contributed by atoms with Gasteiger partial charge in [-0.1, -0.05) is 353 Å². The number of carbonyl (C=O) groups excluding carboxylic acids is 2. The minimum Gasteiger partial charge on any atom is -0.466 e. The van der Waals surface area contributed by atoms with Gasteiger partial charge >= 0.3 is 5.97 Å². The summed E-state index contributed by atoms with van der Waals surface area (Å²) < 4.78 is 5.50. The summed E-state index contributed by atoms with van der Waals surface area (Å²) in [6.45, 7) is 4.93. The number of amides is 1. The van der Waals surface area contributed by atoms with E-state index in [0.717, 1.165) is 38.5 Å². The van der Waals surface area contributed by atoms with Gasteiger partial charge in [0.2, 0.25) is 5.91 Å². The van der Waals surface area contributed by atoms with Gasteiger partial charge in [0, 0.05) is 12.8 Å². The highest BCUT2D eigenvalue weighted by Crippen LogP contribution is 2.19. The van der Waals surface area contributed by atoms with Crippen molar-refractivity contribution in [1.29, 1.82) is 0 Å². The second-order valence-corrected chi connectivity index (χ2v) is 23.5. The van der Waals surface area contributed by atoms with Gasteiger partial charge in [-0.15, -0.1) is 0 Å². The van der Waals surface area contributed by atoms with Crippen LogP contribution in [-0.4, -0.2) is 47.4 Å². The molecule has 0 saturated carbocycles. The van der Waals surface area contributed by atoms with Gasteiger partial charge in [-0.3, -0.25) is 9.59 Å². The molecule has 0 saturated heterocycles. The lowest BCUT2D eigenvalue weighted by molar-refractivity contribution is -0.143. The number of esters is 1. The van der Waals surface area contributed by atoms with Crippen molar-refractivity contribution in [3.05, 3.63) is 12.2 Å². The van der Waals surface area contributed by atoms with Crippen LogP contribution in [0.3, 0.4) is 0 Å². The third kappa shape index (κ3) is 59.8. The smallest absolute Gasteiger partial charge is 0.305 e. The molecule has 0 radical (unpaired) electrons. The van der Waals surface area contributed by atoms with E-state index in [1.807, 2.05) is 6.08 Å². The molecule has 0 aliphatic rings. The Hall–Kier alpha value is -1.40. The van der Waals surface area contributed by atoms with E-state index in [4.69, 9.17) is 4.74 Å². The first-order valence-electron chi connectivity index (χ1n) is 34.0. The molecule has 3 N–H and O–H groups in total. The van der Waals surface area contributed by atoms with Crippen LogP contribution in [-0.2, 0) is 14.3 Å². The maximum atomic E-state index is 12.4. The number of rotatable bonds is 64. The molecule has 440 valence electrons. The van der Waals surface area contributed by atoms with Crippen LogP contribution >= 0.6 is 0 Å². The van der Waals surface area contributed by atoms with Crippen LogP contribution in [0.2, 0.25) is 0 Å². The van der Waals surface area contributed by atoms with Crippen molar-refractivity contribution in [1.82, 2.24) is 5.32 Å². The molecule has 0 aromatic carbocycles. The minimum atomic E-state index is -0.839. The second-order valence-electron chi connectivity index (χ2n) is 23.5. The van der Waals surface area contributed by atoms with Crippen LogP contribution in [0.5, 0.6) is 0 Å². The Morgan fingerprint density at radius 1 is 0.365 bits per heavy atom. The zero-order valence-corrected chi connectivity index (χ0v) is 50.4. The summed E-state index contributed by atoms with van der Waals surface area (Å²) in [7, 11) is 0. The first-order chi connectivity index (χ1) is 36.5. The molecule has 0 aliphatic carbocycles. The largest absolute Gasteiger partial charge is 0.466 e. The van der Waals surface area contributed by atoms with E-state index in [0.29, 0.717) is 19.4 Å². The molecule has 0 heterocycles. The van der Waals surface area contributed by atoms with Crippen LogP contribution in [0, 0.1) is 0 Å². The zero-order chi connectivity index (χ0) is 53.6. The Kier molecular flexibility index (Phi) is 62.9. The van der Waals surface area contributed by atoms with Crippen LogP contribution < -0.4 is 5.32 Å². The zero-order valence-electron chi connectivity index (χ0n) is 50.4. The summed E-state index contributed by atoms with van der Waals surface area (Å²) in [6, 6.07) is -0.622. The molecule has 6 heteroatoms. The van der Waals surface area contributed by atoms with E-state index in [1.165, 1.54) is 321 Å². The number of carbonyl (C=O) groups is 2. The summed E-state index contributed by atoms with van der Waals surface area (Å²) >= 11 is 0. The molecule has 0 aromatic heterocycles. The van der Waals surface area contributed by atoms with Gasteiger partial charge in [0.15, 0.2) is 0 Å². The van der Waals surface area contributed by atoms with Crippen molar-refractivity contribution in [2.45, 2.75) is 398 Å². The molecule has 0 fully saturated rings. The molecule has 0 rings (SSSR count). The molecule has 1 amide bonds. The van der Waals surface area contributed by atoms with Crippen molar-refractivity contribution < 1.29 is 24.5 Å². The molecule has 0 bridgehead atoms. The van der Waals surface area contributed by atoms with Crippen molar-refractivity contribution in [3.8, 4) is 0 Å². The van der Waals surface area contributed by atoms with Gasteiger partial charge in [0.05, 0.1) is 25.4 Å². The monoisotopic (exact) mass is 1040 g/mol. The van der Waals surface area contributed by atoms with Gasteiger partial charge < -0.3 is 20.3 Å². The molecule has 2 unspecified atom stereocenters. The third-order valence-electron chi connectivity index (χ3n) is 16.1. The normalized spacial score (nSPS) is 12.5. The fraction of sp³-hybridized carbons (Fsp3) is 0.941. The first-order valence-corrected chi connectivity index (χ1v) is 34.0. The van der Waals surface area contributed by atoms with E-state index in [2.05, 4.69) is 19.2 Å². The van der Waals surface area contributed by atoms with E-state index < -0.39 is 12.1 Å². The highest BCUT2D eigenvalue weighted by atomic mass is 16.5. The number of aliphatic hydroxyl groups is 2. The average Bonchev–Trinajstić information content (AvgIpc) is 3.40. The maximum absolute atomic E-state index is 12.4. The number of allylic oxidation sites excluding steroid dienone is 1. The molecular formula is C68H133NO5.